The highest BCUT2D eigenvalue weighted by atomic mass is 19.4. The van der Waals surface area contributed by atoms with E-state index in [9.17, 15) is 45.8 Å². The number of likely N-dealkylation sites (tertiary alicyclic amines) is 1. The molecule has 2 aromatic carbocycles. The molecule has 3 aliphatic rings. The largest absolute Gasteiger partial charge is 0.491 e. The topological polar surface area (TPSA) is 131 Å². The molecule has 4 N–H and O–H groups in total. The molecule has 1 radical (unpaired) electrons. The van der Waals surface area contributed by atoms with Gasteiger partial charge in [0.25, 0.3) is 11.8 Å². The summed E-state index contributed by atoms with van der Waals surface area (Å²) >= 11 is 0. The third-order valence-corrected chi connectivity index (χ3v) is 7.00. The molecule has 0 saturated carbocycles. The van der Waals surface area contributed by atoms with Gasteiger partial charge < -0.3 is 30.3 Å². The van der Waals surface area contributed by atoms with E-state index in [2.05, 4.69) is 5.32 Å². The number of rotatable bonds is 4. The molecule has 5 rings (SSSR count). The second-order valence-corrected chi connectivity index (χ2v) is 9.55. The number of fused-ring (bicyclic) bond motifs is 2. The number of carbonyl (C=O) groups is 3. The van der Waals surface area contributed by atoms with E-state index in [-0.39, 0.29) is 41.6 Å². The summed E-state index contributed by atoms with van der Waals surface area (Å²) in [5, 5.41) is 12.3. The molecule has 0 spiro atoms. The lowest BCUT2D eigenvalue weighted by Crippen LogP contribution is -2.44. The van der Waals surface area contributed by atoms with Crippen LogP contribution in [0.15, 0.2) is 24.3 Å². The van der Waals surface area contributed by atoms with E-state index in [4.69, 9.17) is 15.0 Å². The SMILES string of the molecule is NC(=O)[C@@H]1C[C@H](NC(=O)c2cc3c(c(C(F)(F)F)c2)COB3O)CN1C(=O)c1cc2c(c(C(F)(F)F)c1)CO[B]2. The van der Waals surface area contributed by atoms with Crippen LogP contribution < -0.4 is 22.0 Å². The Morgan fingerprint density at radius 1 is 1.00 bits per heavy atom. The molecule has 3 amide bonds. The number of halogens is 6. The fraction of sp³-hybridized carbons (Fsp3) is 0.348. The van der Waals surface area contributed by atoms with E-state index in [0.29, 0.717) is 12.1 Å². The number of primary amides is 1. The molecule has 3 aliphatic heterocycles. The van der Waals surface area contributed by atoms with Crippen LogP contribution in [0.25, 0.3) is 0 Å². The van der Waals surface area contributed by atoms with Crippen molar-refractivity contribution in [3.8, 4) is 0 Å². The highest BCUT2D eigenvalue weighted by molar-refractivity contribution is 6.61. The fourth-order valence-corrected chi connectivity index (χ4v) is 5.13. The van der Waals surface area contributed by atoms with Gasteiger partial charge in [-0.05, 0) is 46.7 Å². The van der Waals surface area contributed by atoms with Crippen LogP contribution in [-0.4, -0.2) is 60.9 Å². The maximum absolute atomic E-state index is 13.6. The number of nitrogens with one attached hydrogen (secondary N) is 1. The predicted octanol–water partition coefficient (Wildman–Crippen LogP) is 0.215. The molecule has 1 saturated heterocycles. The molecule has 40 heavy (non-hydrogen) atoms. The summed E-state index contributed by atoms with van der Waals surface area (Å²) in [5.74, 6) is -2.96. The number of hydrogen-bond acceptors (Lipinski definition) is 6. The van der Waals surface area contributed by atoms with Crippen molar-refractivity contribution in [2.24, 2.45) is 5.73 Å². The summed E-state index contributed by atoms with van der Waals surface area (Å²) in [6, 6.07) is 1.17. The van der Waals surface area contributed by atoms with Gasteiger partial charge in [0.1, 0.15) is 6.04 Å². The Kier molecular flexibility index (Phi) is 6.87. The molecule has 0 aromatic heterocycles. The Morgan fingerprint density at radius 3 is 2.30 bits per heavy atom. The number of nitrogens with zero attached hydrogens (tertiary/aromatic N) is 1. The van der Waals surface area contributed by atoms with E-state index in [1.807, 2.05) is 0 Å². The lowest BCUT2D eigenvalue weighted by atomic mass is 9.77. The number of carbonyl (C=O) groups excluding carboxylic acids is 3. The Balaban J connectivity index is 1.40. The van der Waals surface area contributed by atoms with Crippen molar-refractivity contribution in [2.45, 2.75) is 44.1 Å². The van der Waals surface area contributed by atoms with Gasteiger partial charge in [0.05, 0.1) is 24.3 Å². The molecule has 2 atom stereocenters. The van der Waals surface area contributed by atoms with Crippen molar-refractivity contribution in [1.82, 2.24) is 10.2 Å². The van der Waals surface area contributed by atoms with Gasteiger partial charge in [-0.15, -0.1) is 0 Å². The van der Waals surface area contributed by atoms with Gasteiger partial charge in [0.2, 0.25) is 5.91 Å². The van der Waals surface area contributed by atoms with Crippen LogP contribution in [0.2, 0.25) is 0 Å². The van der Waals surface area contributed by atoms with Gasteiger partial charge in [-0.2, -0.15) is 26.3 Å². The van der Waals surface area contributed by atoms with Crippen LogP contribution in [-0.2, 0) is 39.7 Å². The molecular formula is C23H18B2F6N3O6. The number of benzene rings is 2. The van der Waals surface area contributed by atoms with E-state index >= 15 is 0 Å². The van der Waals surface area contributed by atoms with Crippen molar-refractivity contribution < 1.29 is 55.1 Å². The van der Waals surface area contributed by atoms with Crippen LogP contribution in [0, 0.1) is 0 Å². The molecule has 2 aromatic rings. The molecule has 0 bridgehead atoms. The highest BCUT2D eigenvalue weighted by Crippen LogP contribution is 2.35. The normalized spacial score (nSPS) is 20.3. The summed E-state index contributed by atoms with van der Waals surface area (Å²) in [6.45, 7) is -1.20. The number of amides is 3. The van der Waals surface area contributed by atoms with E-state index in [1.54, 1.807) is 0 Å². The zero-order valence-electron chi connectivity index (χ0n) is 20.2. The van der Waals surface area contributed by atoms with Crippen molar-refractivity contribution in [3.05, 3.63) is 57.6 Å². The third kappa shape index (κ3) is 5.04. The number of hydrogen-bond donors (Lipinski definition) is 3. The summed E-state index contributed by atoms with van der Waals surface area (Å²) in [4.78, 5) is 39.2. The van der Waals surface area contributed by atoms with Crippen molar-refractivity contribution in [2.75, 3.05) is 6.54 Å². The maximum Gasteiger partial charge on any atom is 0.491 e. The zero-order valence-corrected chi connectivity index (χ0v) is 20.2. The van der Waals surface area contributed by atoms with Crippen LogP contribution in [0.3, 0.4) is 0 Å². The van der Waals surface area contributed by atoms with Crippen LogP contribution >= 0.6 is 0 Å². The van der Waals surface area contributed by atoms with Crippen molar-refractivity contribution in [3.63, 3.8) is 0 Å². The Hall–Kier alpha value is -3.56. The standard InChI is InChI=1S/C23H18B2F6N3O6/c26-22(27,28)14-2-10(3-16-12(14)7-39-24-16)21(37)34-6-11(5-18(34)19(32)35)33-20(36)9-1-15(23(29,30)31)13-8-40-25(38)17(13)4-9/h1-4,11,18,38H,5-8H2,(H2,32,35)(H,33,36)/t11-,18-/m0/s1. The summed E-state index contributed by atoms with van der Waals surface area (Å²) < 4.78 is 91.5. The molecule has 9 nitrogen and oxygen atoms in total. The molecule has 0 unspecified atom stereocenters. The van der Waals surface area contributed by atoms with Gasteiger partial charge in [0, 0.05) is 23.7 Å². The van der Waals surface area contributed by atoms with Gasteiger partial charge in [0.15, 0.2) is 0 Å². The number of nitrogens with two attached hydrogens (primary N) is 1. The summed E-state index contributed by atoms with van der Waals surface area (Å²) in [6.07, 6.45) is -9.88. The Labute approximate surface area is 223 Å². The maximum atomic E-state index is 13.6. The molecule has 3 heterocycles. The van der Waals surface area contributed by atoms with Crippen LogP contribution in [0.4, 0.5) is 26.3 Å². The van der Waals surface area contributed by atoms with E-state index in [0.717, 1.165) is 18.4 Å². The van der Waals surface area contributed by atoms with E-state index in [1.165, 1.54) is 6.07 Å². The minimum absolute atomic E-state index is 0.0427. The first-order valence-corrected chi connectivity index (χ1v) is 11.8. The minimum atomic E-state index is -4.85. The zero-order chi connectivity index (χ0) is 29.1. The van der Waals surface area contributed by atoms with Crippen LogP contribution in [0.5, 0.6) is 0 Å². The monoisotopic (exact) mass is 568 g/mol. The minimum Gasteiger partial charge on any atom is -0.430 e. The Bertz CT molecular complexity index is 1420. The van der Waals surface area contributed by atoms with Crippen LogP contribution in [0.1, 0.15) is 49.4 Å². The molecule has 1 fully saturated rings. The lowest BCUT2D eigenvalue weighted by Gasteiger charge is -2.23. The average molecular weight is 568 g/mol. The van der Waals surface area contributed by atoms with Crippen molar-refractivity contribution in [1.29, 1.82) is 0 Å². The summed E-state index contributed by atoms with van der Waals surface area (Å²) in [5.41, 5.74) is 1.69. The fourth-order valence-electron chi connectivity index (χ4n) is 5.13. The third-order valence-electron chi connectivity index (χ3n) is 7.00. The number of alkyl halides is 6. The first kappa shape index (κ1) is 28.0. The molecule has 17 heteroatoms. The van der Waals surface area contributed by atoms with Crippen molar-refractivity contribution >= 4 is 43.2 Å². The van der Waals surface area contributed by atoms with Gasteiger partial charge in [-0.1, -0.05) is 6.07 Å². The second kappa shape index (κ2) is 9.82. The highest BCUT2D eigenvalue weighted by Gasteiger charge is 2.43. The smallest absolute Gasteiger partial charge is 0.430 e. The molecule has 0 aliphatic carbocycles. The Morgan fingerprint density at radius 2 is 1.65 bits per heavy atom. The van der Waals surface area contributed by atoms with Gasteiger partial charge in [-0.3, -0.25) is 14.4 Å². The lowest BCUT2D eigenvalue weighted by molar-refractivity contribution is -0.139. The van der Waals surface area contributed by atoms with E-state index < -0.39 is 78.1 Å². The summed E-state index contributed by atoms with van der Waals surface area (Å²) in [7, 11) is -0.590. The quantitative estimate of drug-likeness (QED) is 0.358. The van der Waals surface area contributed by atoms with Gasteiger partial charge >= 0.3 is 27.0 Å². The molecule has 209 valence electrons. The molecular weight excluding hydrogens is 550 g/mol. The van der Waals surface area contributed by atoms with Gasteiger partial charge in [-0.25, -0.2) is 0 Å². The average Bonchev–Trinajstić information content (AvgIpc) is 3.59. The first-order valence-electron chi connectivity index (χ1n) is 11.8. The first-order chi connectivity index (χ1) is 18.6. The predicted molar refractivity (Wildman–Crippen MR) is 125 cm³/mol. The second-order valence-electron chi connectivity index (χ2n) is 9.55.